The molecule has 1 rings (SSSR count). The van der Waals surface area contributed by atoms with Crippen LogP contribution in [0.25, 0.3) is 0 Å². The van der Waals surface area contributed by atoms with E-state index in [2.05, 4.69) is 0 Å². The van der Waals surface area contributed by atoms with Gasteiger partial charge >= 0.3 is 11.9 Å². The molecule has 0 amide bonds. The van der Waals surface area contributed by atoms with E-state index in [0.29, 0.717) is 6.42 Å². The average Bonchev–Trinajstić information content (AvgIpc) is 2.53. The van der Waals surface area contributed by atoms with Crippen LogP contribution < -0.4 is 4.74 Å². The molecule has 1 aromatic rings. The molecule has 0 aromatic heterocycles. The lowest BCUT2D eigenvalue weighted by Crippen LogP contribution is -2.35. The van der Waals surface area contributed by atoms with E-state index in [-0.39, 0.29) is 18.6 Å². The molecule has 1 aromatic carbocycles. The normalized spacial score (nSPS) is 14.8. The third kappa shape index (κ3) is 8.37. The smallest absolute Gasteiger partial charge is 0.309 e. The van der Waals surface area contributed by atoms with Gasteiger partial charge in [-0.3, -0.25) is 9.59 Å². The molecule has 5 heteroatoms. The van der Waals surface area contributed by atoms with Gasteiger partial charge in [0.1, 0.15) is 23.6 Å². The monoisotopic (exact) mass is 364 g/mol. The number of ether oxygens (including phenoxy) is 3. The highest BCUT2D eigenvalue weighted by Gasteiger charge is 2.28. The molecule has 0 unspecified atom stereocenters. The van der Waals surface area contributed by atoms with Crippen LogP contribution in [0.2, 0.25) is 0 Å². The highest BCUT2D eigenvalue weighted by Crippen LogP contribution is 2.19. The van der Waals surface area contributed by atoms with Crippen LogP contribution in [0.15, 0.2) is 30.3 Å². The van der Waals surface area contributed by atoms with Crippen LogP contribution in [-0.4, -0.2) is 29.7 Å². The van der Waals surface area contributed by atoms with E-state index < -0.39 is 23.5 Å². The van der Waals surface area contributed by atoms with Crippen molar-refractivity contribution in [2.45, 2.75) is 78.6 Å². The van der Waals surface area contributed by atoms with Crippen LogP contribution in [0.1, 0.15) is 60.8 Å². The first-order valence-electron chi connectivity index (χ1n) is 9.26. The van der Waals surface area contributed by atoms with E-state index >= 15 is 0 Å². The topological polar surface area (TPSA) is 61.8 Å². The van der Waals surface area contributed by atoms with Gasteiger partial charge in [0, 0.05) is 0 Å². The number of hydrogen-bond donors (Lipinski definition) is 0. The number of esters is 2. The Morgan fingerprint density at radius 1 is 1.08 bits per heavy atom. The quantitative estimate of drug-likeness (QED) is 0.602. The van der Waals surface area contributed by atoms with Crippen LogP contribution in [0, 0.1) is 5.92 Å². The lowest BCUT2D eigenvalue weighted by atomic mass is 10.1. The summed E-state index contributed by atoms with van der Waals surface area (Å²) in [6.45, 7) is 11.0. The fourth-order valence-electron chi connectivity index (χ4n) is 2.45. The minimum atomic E-state index is -0.566. The maximum atomic E-state index is 12.4. The van der Waals surface area contributed by atoms with Crippen molar-refractivity contribution in [1.82, 2.24) is 0 Å². The molecule has 5 nitrogen and oxygen atoms in total. The van der Waals surface area contributed by atoms with Crippen LogP contribution >= 0.6 is 0 Å². The van der Waals surface area contributed by atoms with Gasteiger partial charge in [0.25, 0.3) is 0 Å². The van der Waals surface area contributed by atoms with Crippen molar-refractivity contribution in [3.8, 4) is 5.75 Å². The number of benzene rings is 1. The lowest BCUT2D eigenvalue weighted by Gasteiger charge is -2.26. The standard InChI is InChI=1S/C21H32O5/c1-7-11-18(16(3)24-17-12-9-8-10-13-17)25-20(23)15(2)14-19(22)26-21(4,5)6/h8-10,12-13,15-16,18H,7,11,14H2,1-6H3/t15-,16-,18-/m1/s1. The zero-order chi connectivity index (χ0) is 19.7. The molecular weight excluding hydrogens is 332 g/mol. The Morgan fingerprint density at radius 3 is 2.23 bits per heavy atom. The molecule has 3 atom stereocenters. The summed E-state index contributed by atoms with van der Waals surface area (Å²) in [5.74, 6) is -0.632. The molecule has 146 valence electrons. The second-order valence-corrected chi connectivity index (χ2v) is 7.59. The molecule has 0 N–H and O–H groups in total. The third-order valence-corrected chi connectivity index (χ3v) is 3.72. The van der Waals surface area contributed by atoms with E-state index in [9.17, 15) is 9.59 Å². The molecule has 0 fully saturated rings. The van der Waals surface area contributed by atoms with Gasteiger partial charge in [0.15, 0.2) is 0 Å². The highest BCUT2D eigenvalue weighted by atomic mass is 16.6. The van der Waals surface area contributed by atoms with E-state index in [0.717, 1.165) is 12.2 Å². The number of rotatable bonds is 9. The number of hydrogen-bond acceptors (Lipinski definition) is 5. The molecule has 0 radical (unpaired) electrons. The van der Waals surface area contributed by atoms with Crippen LogP contribution in [0.5, 0.6) is 5.75 Å². The van der Waals surface area contributed by atoms with Gasteiger partial charge < -0.3 is 14.2 Å². The molecule has 26 heavy (non-hydrogen) atoms. The largest absolute Gasteiger partial charge is 0.487 e. The van der Waals surface area contributed by atoms with Gasteiger partial charge in [-0.05, 0) is 46.2 Å². The number of para-hydroxylation sites is 1. The average molecular weight is 364 g/mol. The Balaban J connectivity index is 2.61. The van der Waals surface area contributed by atoms with Gasteiger partial charge in [-0.25, -0.2) is 0 Å². The maximum absolute atomic E-state index is 12.4. The number of carbonyl (C=O) groups is 2. The van der Waals surface area contributed by atoms with Crippen molar-refractivity contribution in [2.24, 2.45) is 5.92 Å². The van der Waals surface area contributed by atoms with E-state index in [1.54, 1.807) is 27.7 Å². The molecule has 0 bridgehead atoms. The van der Waals surface area contributed by atoms with E-state index in [1.165, 1.54) is 0 Å². The van der Waals surface area contributed by atoms with Gasteiger partial charge in [0.2, 0.25) is 0 Å². The van der Waals surface area contributed by atoms with Crippen LogP contribution in [0.3, 0.4) is 0 Å². The fraction of sp³-hybridized carbons (Fsp3) is 0.619. The second-order valence-electron chi connectivity index (χ2n) is 7.59. The van der Waals surface area contributed by atoms with Gasteiger partial charge in [-0.2, -0.15) is 0 Å². The minimum absolute atomic E-state index is 0.00285. The predicted octanol–water partition coefficient (Wildman–Crippen LogP) is 4.53. The Morgan fingerprint density at radius 2 is 1.69 bits per heavy atom. The van der Waals surface area contributed by atoms with Crippen molar-refractivity contribution in [3.63, 3.8) is 0 Å². The Hall–Kier alpha value is -2.04. The first kappa shape index (κ1) is 22.0. The summed E-state index contributed by atoms with van der Waals surface area (Å²) in [6, 6.07) is 9.44. The third-order valence-electron chi connectivity index (χ3n) is 3.72. The molecule has 0 aliphatic carbocycles. The molecule has 0 saturated heterocycles. The molecule has 0 aliphatic heterocycles. The van der Waals surface area contributed by atoms with E-state index in [4.69, 9.17) is 14.2 Å². The second kappa shape index (κ2) is 10.2. The van der Waals surface area contributed by atoms with Crippen molar-refractivity contribution in [1.29, 1.82) is 0 Å². The predicted molar refractivity (Wildman–Crippen MR) is 101 cm³/mol. The summed E-state index contributed by atoms with van der Waals surface area (Å²) in [5.41, 5.74) is -0.566. The van der Waals surface area contributed by atoms with Gasteiger partial charge in [0.05, 0.1) is 12.3 Å². The molecule has 0 heterocycles. The first-order valence-corrected chi connectivity index (χ1v) is 9.26. The Labute approximate surface area is 157 Å². The van der Waals surface area contributed by atoms with Crippen molar-refractivity contribution < 1.29 is 23.8 Å². The molecular formula is C21H32O5. The molecule has 0 spiro atoms. The van der Waals surface area contributed by atoms with Crippen LogP contribution in [-0.2, 0) is 19.1 Å². The summed E-state index contributed by atoms with van der Waals surface area (Å²) in [6.07, 6.45) is 0.909. The van der Waals surface area contributed by atoms with Crippen LogP contribution in [0.4, 0.5) is 0 Å². The van der Waals surface area contributed by atoms with Gasteiger partial charge in [-0.1, -0.05) is 38.5 Å². The maximum Gasteiger partial charge on any atom is 0.309 e. The van der Waals surface area contributed by atoms with Crippen molar-refractivity contribution >= 4 is 11.9 Å². The highest BCUT2D eigenvalue weighted by molar-refractivity contribution is 5.79. The lowest BCUT2D eigenvalue weighted by molar-refractivity contribution is -0.165. The summed E-state index contributed by atoms with van der Waals surface area (Å²) in [4.78, 5) is 24.3. The minimum Gasteiger partial charge on any atom is -0.487 e. The summed E-state index contributed by atoms with van der Waals surface area (Å²) >= 11 is 0. The SMILES string of the molecule is CCC[C@@H](OC(=O)[C@H](C)CC(=O)OC(C)(C)C)[C@@H](C)Oc1ccccc1. The summed E-state index contributed by atoms with van der Waals surface area (Å²) in [7, 11) is 0. The first-order chi connectivity index (χ1) is 12.1. The van der Waals surface area contributed by atoms with Crippen molar-refractivity contribution in [2.75, 3.05) is 0 Å². The zero-order valence-corrected chi connectivity index (χ0v) is 16.8. The molecule has 0 saturated carbocycles. The Bertz CT molecular complexity index is 562. The fourth-order valence-corrected chi connectivity index (χ4v) is 2.45. The van der Waals surface area contributed by atoms with Gasteiger partial charge in [-0.15, -0.1) is 0 Å². The Kier molecular flexibility index (Phi) is 8.62. The number of carbonyl (C=O) groups excluding carboxylic acids is 2. The summed E-state index contributed by atoms with van der Waals surface area (Å²) in [5, 5.41) is 0. The summed E-state index contributed by atoms with van der Waals surface area (Å²) < 4.78 is 16.8. The molecule has 0 aliphatic rings. The van der Waals surface area contributed by atoms with Crippen molar-refractivity contribution in [3.05, 3.63) is 30.3 Å². The zero-order valence-electron chi connectivity index (χ0n) is 16.8. The van der Waals surface area contributed by atoms with E-state index in [1.807, 2.05) is 44.2 Å².